The number of amides is 1. The highest BCUT2D eigenvalue weighted by Crippen LogP contribution is 2.38. The van der Waals surface area contributed by atoms with E-state index in [2.05, 4.69) is 0 Å². The van der Waals surface area contributed by atoms with Crippen molar-refractivity contribution >= 4 is 32.6 Å². The van der Waals surface area contributed by atoms with Gasteiger partial charge in [0, 0.05) is 17.5 Å². The van der Waals surface area contributed by atoms with Crippen LogP contribution in [0.5, 0.6) is 0 Å². The molecule has 1 amide bonds. The van der Waals surface area contributed by atoms with Crippen LogP contribution < -0.4 is 4.90 Å². The smallest absolute Gasteiger partial charge is 0.259 e. The summed E-state index contributed by atoms with van der Waals surface area (Å²) in [5.74, 6) is -0.764. The molecule has 0 unspecified atom stereocenters. The lowest BCUT2D eigenvalue weighted by atomic mass is 9.96. The normalized spacial score (nSPS) is 14.6. The number of rotatable bonds is 4. The van der Waals surface area contributed by atoms with Gasteiger partial charge >= 0.3 is 0 Å². The molecule has 0 aliphatic carbocycles. The molecule has 6 heteroatoms. The summed E-state index contributed by atoms with van der Waals surface area (Å²) in [6.07, 6.45) is 1.14. The Morgan fingerprint density at radius 3 is 2.10 bits per heavy atom. The van der Waals surface area contributed by atoms with Gasteiger partial charge in [0.2, 0.25) is 0 Å². The Bertz CT molecular complexity index is 1220. The van der Waals surface area contributed by atoms with Crippen molar-refractivity contribution in [3.63, 3.8) is 0 Å². The van der Waals surface area contributed by atoms with Gasteiger partial charge in [-0.25, -0.2) is 12.8 Å². The van der Waals surface area contributed by atoms with Crippen LogP contribution in [-0.2, 0) is 14.6 Å². The molecule has 0 radical (unpaired) electrons. The first kappa shape index (κ1) is 19.1. The van der Waals surface area contributed by atoms with Gasteiger partial charge in [-0.05, 0) is 41.5 Å². The van der Waals surface area contributed by atoms with Gasteiger partial charge in [-0.2, -0.15) is 0 Å². The minimum Gasteiger partial charge on any atom is -0.304 e. The molecule has 0 atom stereocenters. The Morgan fingerprint density at radius 2 is 1.48 bits per heavy atom. The summed E-state index contributed by atoms with van der Waals surface area (Å²) in [5.41, 5.74) is 2.58. The van der Waals surface area contributed by atoms with Gasteiger partial charge in [0.05, 0.1) is 17.0 Å². The van der Waals surface area contributed by atoms with Crippen molar-refractivity contribution in [3.05, 3.63) is 95.8 Å². The van der Waals surface area contributed by atoms with Gasteiger partial charge in [-0.15, -0.1) is 0 Å². The molecule has 1 heterocycles. The molecule has 0 aromatic heterocycles. The fourth-order valence-electron chi connectivity index (χ4n) is 3.47. The predicted octanol–water partition coefficient (Wildman–Crippen LogP) is 4.19. The third-order valence-electron chi connectivity index (χ3n) is 4.92. The number of sulfone groups is 1. The van der Waals surface area contributed by atoms with Gasteiger partial charge in [-0.1, -0.05) is 48.5 Å². The second-order valence-corrected chi connectivity index (χ2v) is 8.87. The number of halogens is 1. The number of hydrogen-bond acceptors (Lipinski definition) is 3. The largest absolute Gasteiger partial charge is 0.304 e. The van der Waals surface area contributed by atoms with Crippen molar-refractivity contribution in [3.8, 4) is 0 Å². The van der Waals surface area contributed by atoms with Crippen LogP contribution in [0.15, 0.2) is 83.8 Å². The second-order valence-electron chi connectivity index (χ2n) is 6.86. The summed E-state index contributed by atoms with van der Waals surface area (Å²) in [6, 6.07) is 21.7. The number of anilines is 1. The molecule has 4 nitrogen and oxygen atoms in total. The Balaban J connectivity index is 1.86. The molecule has 3 aromatic rings. The van der Waals surface area contributed by atoms with Crippen molar-refractivity contribution in [2.75, 3.05) is 17.7 Å². The second kappa shape index (κ2) is 7.29. The fraction of sp³-hybridized carbons (Fsp3) is 0.0870. The lowest BCUT2D eigenvalue weighted by Crippen LogP contribution is -2.26. The monoisotopic (exact) mass is 407 g/mol. The summed E-state index contributed by atoms with van der Waals surface area (Å²) in [5, 5.41) is 0. The Labute approximate surface area is 168 Å². The molecule has 1 aliphatic heterocycles. The average molecular weight is 407 g/mol. The highest BCUT2D eigenvalue weighted by atomic mass is 32.2. The molecule has 29 heavy (non-hydrogen) atoms. The van der Waals surface area contributed by atoms with Gasteiger partial charge in [0.15, 0.2) is 9.84 Å². The highest BCUT2D eigenvalue weighted by Gasteiger charge is 2.34. The minimum atomic E-state index is -3.33. The molecule has 0 N–H and O–H groups in total. The van der Waals surface area contributed by atoms with E-state index in [1.807, 2.05) is 30.3 Å². The summed E-state index contributed by atoms with van der Waals surface area (Å²) in [7, 11) is -3.33. The van der Waals surface area contributed by atoms with Gasteiger partial charge in [-0.3, -0.25) is 4.79 Å². The van der Waals surface area contributed by atoms with E-state index < -0.39 is 15.7 Å². The molecule has 0 fully saturated rings. The molecule has 4 rings (SSSR count). The molecule has 1 aliphatic rings. The number of para-hydroxylation sites is 1. The van der Waals surface area contributed by atoms with Crippen molar-refractivity contribution in [1.82, 2.24) is 0 Å². The molecule has 0 bridgehead atoms. The van der Waals surface area contributed by atoms with Crippen LogP contribution in [0.25, 0.3) is 11.1 Å². The van der Waals surface area contributed by atoms with Crippen LogP contribution in [-0.4, -0.2) is 27.1 Å². The summed E-state index contributed by atoms with van der Waals surface area (Å²) >= 11 is 0. The third kappa shape index (κ3) is 3.59. The van der Waals surface area contributed by atoms with Crippen molar-refractivity contribution in [1.29, 1.82) is 0 Å². The zero-order valence-corrected chi connectivity index (χ0v) is 16.5. The van der Waals surface area contributed by atoms with E-state index in [4.69, 9.17) is 0 Å². The van der Waals surface area contributed by atoms with Crippen molar-refractivity contribution in [2.24, 2.45) is 0 Å². The fourth-order valence-corrected chi connectivity index (χ4v) is 4.10. The zero-order chi connectivity index (χ0) is 20.6. The van der Waals surface area contributed by atoms with Crippen LogP contribution >= 0.6 is 0 Å². The number of nitrogens with zero attached hydrogens (tertiary/aromatic N) is 1. The number of carbonyl (C=O) groups excluding carboxylic acids is 1. The van der Waals surface area contributed by atoms with E-state index in [-0.39, 0.29) is 22.9 Å². The minimum absolute atomic E-state index is 0.193. The van der Waals surface area contributed by atoms with Crippen LogP contribution in [0.2, 0.25) is 0 Å². The van der Waals surface area contributed by atoms with Gasteiger partial charge in [0.25, 0.3) is 5.91 Å². The molecule has 146 valence electrons. The van der Waals surface area contributed by atoms with E-state index in [0.29, 0.717) is 22.4 Å². The maximum absolute atomic E-state index is 14.6. The summed E-state index contributed by atoms with van der Waals surface area (Å²) in [4.78, 5) is 15.1. The van der Waals surface area contributed by atoms with E-state index >= 15 is 0 Å². The number of carbonyl (C=O) groups is 1. The first-order valence-electron chi connectivity index (χ1n) is 9.02. The summed E-state index contributed by atoms with van der Waals surface area (Å²) < 4.78 is 38.1. The van der Waals surface area contributed by atoms with Crippen LogP contribution in [0.3, 0.4) is 0 Å². The van der Waals surface area contributed by atoms with E-state index in [0.717, 1.165) is 6.26 Å². The van der Waals surface area contributed by atoms with Crippen molar-refractivity contribution < 1.29 is 17.6 Å². The average Bonchev–Trinajstić information content (AvgIpc) is 3.05. The Morgan fingerprint density at radius 1 is 0.862 bits per heavy atom. The van der Waals surface area contributed by atoms with Gasteiger partial charge in [0.1, 0.15) is 5.82 Å². The molecule has 0 spiro atoms. The SMILES string of the molecule is CS(=O)(=O)c1ccc(C2=C(c3ccccc3F)C(=O)N(c3ccccc3)C2)cc1. The number of benzene rings is 3. The zero-order valence-electron chi connectivity index (χ0n) is 15.7. The third-order valence-corrected chi connectivity index (χ3v) is 6.05. The van der Waals surface area contributed by atoms with Crippen LogP contribution in [0, 0.1) is 5.82 Å². The first-order chi connectivity index (χ1) is 13.9. The molecule has 0 saturated heterocycles. The maximum atomic E-state index is 14.6. The van der Waals surface area contributed by atoms with E-state index in [9.17, 15) is 17.6 Å². The topological polar surface area (TPSA) is 54.5 Å². The van der Waals surface area contributed by atoms with Gasteiger partial charge < -0.3 is 4.90 Å². The number of hydrogen-bond donors (Lipinski definition) is 0. The predicted molar refractivity (Wildman–Crippen MR) is 112 cm³/mol. The molecule has 0 saturated carbocycles. The Kier molecular flexibility index (Phi) is 4.80. The first-order valence-corrected chi connectivity index (χ1v) is 10.9. The Hall–Kier alpha value is -3.25. The summed E-state index contributed by atoms with van der Waals surface area (Å²) in [6.45, 7) is 0.269. The molecular formula is C23H18FNO3S. The highest BCUT2D eigenvalue weighted by molar-refractivity contribution is 7.90. The van der Waals surface area contributed by atoms with E-state index in [1.165, 1.54) is 18.2 Å². The quantitative estimate of drug-likeness (QED) is 0.652. The van der Waals surface area contributed by atoms with Crippen molar-refractivity contribution in [2.45, 2.75) is 4.90 Å². The van der Waals surface area contributed by atoms with Crippen LogP contribution in [0.4, 0.5) is 10.1 Å². The van der Waals surface area contributed by atoms with E-state index in [1.54, 1.807) is 35.2 Å². The molecule has 3 aromatic carbocycles. The van der Waals surface area contributed by atoms with Crippen LogP contribution in [0.1, 0.15) is 11.1 Å². The standard InChI is InChI=1S/C23H18FNO3S/c1-29(27,28)18-13-11-16(12-14-18)20-15-25(17-7-3-2-4-8-17)23(26)22(20)19-9-5-6-10-21(19)24/h2-14H,15H2,1H3. The lowest BCUT2D eigenvalue weighted by Gasteiger charge is -2.17. The maximum Gasteiger partial charge on any atom is 0.259 e. The molecular weight excluding hydrogens is 389 g/mol. The lowest BCUT2D eigenvalue weighted by molar-refractivity contribution is -0.112.